The molecular formula is C21H24N2O5. The second-order valence-corrected chi connectivity index (χ2v) is 6.56. The third kappa shape index (κ3) is 6.51. The van der Waals surface area contributed by atoms with Crippen molar-refractivity contribution in [2.75, 3.05) is 0 Å². The summed E-state index contributed by atoms with van der Waals surface area (Å²) in [6.45, 7) is 1.36. The van der Waals surface area contributed by atoms with Gasteiger partial charge in [0.15, 0.2) is 0 Å². The van der Waals surface area contributed by atoms with Crippen LogP contribution in [0.5, 0.6) is 0 Å². The molecule has 0 bridgehead atoms. The molecule has 148 valence electrons. The van der Waals surface area contributed by atoms with Gasteiger partial charge in [-0.1, -0.05) is 60.7 Å². The van der Waals surface area contributed by atoms with Crippen molar-refractivity contribution in [1.82, 2.24) is 10.6 Å². The minimum absolute atomic E-state index is 0.198. The molecule has 0 aliphatic heterocycles. The highest BCUT2D eigenvalue weighted by Crippen LogP contribution is 2.08. The van der Waals surface area contributed by atoms with Gasteiger partial charge in [0.25, 0.3) is 0 Å². The molecule has 0 spiro atoms. The average molecular weight is 384 g/mol. The Morgan fingerprint density at radius 1 is 0.786 bits per heavy atom. The van der Waals surface area contributed by atoms with Gasteiger partial charge in [0.05, 0.1) is 6.04 Å². The van der Waals surface area contributed by atoms with Crippen LogP contribution in [-0.2, 0) is 27.2 Å². The third-order valence-electron chi connectivity index (χ3n) is 4.31. The zero-order valence-corrected chi connectivity index (χ0v) is 15.5. The van der Waals surface area contributed by atoms with Gasteiger partial charge in [0.1, 0.15) is 12.1 Å². The first-order valence-corrected chi connectivity index (χ1v) is 8.96. The first kappa shape index (κ1) is 21.1. The van der Waals surface area contributed by atoms with E-state index < -0.39 is 36.0 Å². The highest BCUT2D eigenvalue weighted by molar-refractivity contribution is 5.87. The Kier molecular flexibility index (Phi) is 7.71. The van der Waals surface area contributed by atoms with E-state index in [1.165, 1.54) is 6.92 Å². The number of hydrogen-bond acceptors (Lipinski definition) is 4. The van der Waals surface area contributed by atoms with Crippen molar-refractivity contribution in [2.24, 2.45) is 0 Å². The first-order valence-electron chi connectivity index (χ1n) is 8.96. The lowest BCUT2D eigenvalue weighted by molar-refractivity contribution is -0.142. The van der Waals surface area contributed by atoms with E-state index in [9.17, 15) is 19.5 Å². The molecule has 2 unspecified atom stereocenters. The van der Waals surface area contributed by atoms with Gasteiger partial charge in [-0.15, -0.1) is 0 Å². The largest absolute Gasteiger partial charge is 0.480 e. The molecule has 2 aromatic carbocycles. The van der Waals surface area contributed by atoms with Crippen LogP contribution in [0.4, 0.5) is 0 Å². The number of rotatable bonds is 10. The van der Waals surface area contributed by atoms with E-state index in [0.717, 1.165) is 11.1 Å². The number of hydrogen-bond donors (Lipinski definition) is 4. The fourth-order valence-corrected chi connectivity index (χ4v) is 2.76. The molecule has 0 saturated heterocycles. The highest BCUT2D eigenvalue weighted by Gasteiger charge is 2.28. The number of carboxylic acids is 2. The zero-order valence-electron chi connectivity index (χ0n) is 15.5. The second kappa shape index (κ2) is 10.2. The zero-order chi connectivity index (χ0) is 20.5. The molecule has 2 aromatic rings. The molecule has 0 aliphatic carbocycles. The fourth-order valence-electron chi connectivity index (χ4n) is 2.76. The van der Waals surface area contributed by atoms with Gasteiger partial charge in [-0.05, 0) is 30.9 Å². The lowest BCUT2D eigenvalue weighted by Crippen LogP contribution is -2.55. The van der Waals surface area contributed by atoms with E-state index in [2.05, 4.69) is 10.6 Å². The lowest BCUT2D eigenvalue weighted by atomic mass is 10.0. The first-order chi connectivity index (χ1) is 13.4. The van der Waals surface area contributed by atoms with Crippen LogP contribution < -0.4 is 10.6 Å². The van der Waals surface area contributed by atoms with Crippen molar-refractivity contribution in [3.05, 3.63) is 71.8 Å². The van der Waals surface area contributed by atoms with Gasteiger partial charge < -0.3 is 15.5 Å². The minimum Gasteiger partial charge on any atom is -0.480 e. The van der Waals surface area contributed by atoms with Gasteiger partial charge in [-0.25, -0.2) is 0 Å². The van der Waals surface area contributed by atoms with Crippen LogP contribution >= 0.6 is 0 Å². The summed E-state index contributed by atoms with van der Waals surface area (Å²) in [6, 6.07) is 15.3. The van der Waals surface area contributed by atoms with Crippen molar-refractivity contribution in [3.8, 4) is 0 Å². The number of benzene rings is 2. The fraction of sp³-hybridized carbons (Fsp3) is 0.286. The van der Waals surface area contributed by atoms with Crippen molar-refractivity contribution in [1.29, 1.82) is 0 Å². The highest BCUT2D eigenvalue weighted by atomic mass is 16.4. The van der Waals surface area contributed by atoms with Crippen LogP contribution in [0.2, 0.25) is 0 Å². The molecule has 3 atom stereocenters. The summed E-state index contributed by atoms with van der Waals surface area (Å²) in [6.07, 6.45) is 0.431. The molecule has 0 saturated carbocycles. The average Bonchev–Trinajstić information content (AvgIpc) is 2.68. The van der Waals surface area contributed by atoms with Crippen molar-refractivity contribution >= 4 is 17.8 Å². The third-order valence-corrected chi connectivity index (χ3v) is 4.31. The molecule has 0 aliphatic rings. The Labute approximate surface area is 163 Å². The Balaban J connectivity index is 2.18. The molecule has 7 heteroatoms. The number of carboxylic acid groups (broad SMARTS) is 2. The van der Waals surface area contributed by atoms with E-state index >= 15 is 0 Å². The van der Waals surface area contributed by atoms with Crippen LogP contribution in [0.3, 0.4) is 0 Å². The summed E-state index contributed by atoms with van der Waals surface area (Å²) in [4.78, 5) is 35.5. The van der Waals surface area contributed by atoms with E-state index in [1.807, 2.05) is 60.7 Å². The summed E-state index contributed by atoms with van der Waals surface area (Å²) >= 11 is 0. The van der Waals surface area contributed by atoms with Crippen molar-refractivity contribution in [3.63, 3.8) is 0 Å². The van der Waals surface area contributed by atoms with Crippen LogP contribution in [0.25, 0.3) is 0 Å². The maximum atomic E-state index is 12.6. The molecule has 0 aromatic heterocycles. The topological polar surface area (TPSA) is 116 Å². The lowest BCUT2D eigenvalue weighted by Gasteiger charge is -2.24. The van der Waals surface area contributed by atoms with Crippen LogP contribution in [0.15, 0.2) is 60.7 Å². The SMILES string of the molecule is C[C@@H](NC(=O)C(Cc1ccccc1)NC(Cc1ccccc1)C(=O)O)C(=O)O. The molecule has 4 N–H and O–H groups in total. The number of carbonyl (C=O) groups is 3. The van der Waals surface area contributed by atoms with Gasteiger partial charge in [0, 0.05) is 0 Å². The maximum absolute atomic E-state index is 12.6. The molecule has 0 fully saturated rings. The Morgan fingerprint density at radius 2 is 1.25 bits per heavy atom. The minimum atomic E-state index is -1.16. The van der Waals surface area contributed by atoms with Crippen molar-refractivity contribution < 1.29 is 24.6 Å². The smallest absolute Gasteiger partial charge is 0.325 e. The van der Waals surface area contributed by atoms with Gasteiger partial charge >= 0.3 is 11.9 Å². The Morgan fingerprint density at radius 3 is 1.68 bits per heavy atom. The van der Waals surface area contributed by atoms with Crippen LogP contribution in [0, 0.1) is 0 Å². The summed E-state index contributed by atoms with van der Waals surface area (Å²) in [5, 5.41) is 24.0. The molecule has 0 heterocycles. The maximum Gasteiger partial charge on any atom is 0.325 e. The number of carbonyl (C=O) groups excluding carboxylic acids is 1. The van der Waals surface area contributed by atoms with Crippen LogP contribution in [0.1, 0.15) is 18.1 Å². The van der Waals surface area contributed by atoms with Gasteiger partial charge in [0.2, 0.25) is 5.91 Å². The molecule has 2 rings (SSSR count). The van der Waals surface area contributed by atoms with Gasteiger partial charge in [-0.3, -0.25) is 19.7 Å². The second-order valence-electron chi connectivity index (χ2n) is 6.56. The quantitative estimate of drug-likeness (QED) is 0.493. The van der Waals surface area contributed by atoms with Gasteiger partial charge in [-0.2, -0.15) is 0 Å². The molecular weight excluding hydrogens is 360 g/mol. The monoisotopic (exact) mass is 384 g/mol. The van der Waals surface area contributed by atoms with E-state index in [1.54, 1.807) is 0 Å². The molecule has 7 nitrogen and oxygen atoms in total. The summed E-state index contributed by atoms with van der Waals surface area (Å²) in [7, 11) is 0. The predicted molar refractivity (Wildman–Crippen MR) is 104 cm³/mol. The number of aliphatic carboxylic acids is 2. The summed E-state index contributed by atoms with van der Waals surface area (Å²) in [5.74, 6) is -2.80. The standard InChI is InChI=1S/C21H24N2O5/c1-14(20(25)26)22-19(24)17(12-15-8-4-2-5-9-15)23-18(21(27)28)13-16-10-6-3-7-11-16/h2-11,14,17-18,23H,12-13H2,1H3,(H,22,24)(H,25,26)(H,27,28)/t14-,17?,18?/m1/s1. The normalized spacial score (nSPS) is 13.9. The predicted octanol–water partition coefficient (Wildman–Crippen LogP) is 1.47. The van der Waals surface area contributed by atoms with Crippen LogP contribution in [-0.4, -0.2) is 46.2 Å². The summed E-state index contributed by atoms with van der Waals surface area (Å²) in [5.41, 5.74) is 1.65. The summed E-state index contributed by atoms with van der Waals surface area (Å²) < 4.78 is 0. The van der Waals surface area contributed by atoms with Crippen molar-refractivity contribution in [2.45, 2.75) is 37.9 Å². The van der Waals surface area contributed by atoms with E-state index in [4.69, 9.17) is 5.11 Å². The number of nitrogens with one attached hydrogen (secondary N) is 2. The Hall–Kier alpha value is -3.19. The van der Waals surface area contributed by atoms with E-state index in [-0.39, 0.29) is 12.8 Å². The molecule has 1 amide bonds. The van der Waals surface area contributed by atoms with E-state index in [0.29, 0.717) is 0 Å². The molecule has 28 heavy (non-hydrogen) atoms. The Bertz CT molecular complexity index is 795. The number of amides is 1. The molecule has 0 radical (unpaired) electrons.